The maximum absolute atomic E-state index is 12.6. The number of nitrogen functional groups attached to an aromatic ring is 1. The van der Waals surface area contributed by atoms with Crippen LogP contribution < -0.4 is 11.4 Å². The molecule has 0 radical (unpaired) electrons. The lowest BCUT2D eigenvalue weighted by molar-refractivity contribution is -0.0582. The van der Waals surface area contributed by atoms with E-state index in [-0.39, 0.29) is 18.8 Å². The molecule has 0 bridgehead atoms. The zero-order chi connectivity index (χ0) is 23.4. The summed E-state index contributed by atoms with van der Waals surface area (Å²) in [5, 5.41) is 0. The van der Waals surface area contributed by atoms with E-state index in [1.165, 1.54) is 4.57 Å². The smallest absolute Gasteiger partial charge is 0.351 e. The van der Waals surface area contributed by atoms with Crippen LogP contribution in [0.4, 0.5) is 5.82 Å². The number of esters is 2. The number of benzene rings is 2. The first-order valence-corrected chi connectivity index (χ1v) is 10.4. The Balaban J connectivity index is 1.53. The van der Waals surface area contributed by atoms with Gasteiger partial charge in [0.05, 0.1) is 11.1 Å². The average Bonchev–Trinajstić information content (AvgIpc) is 3.23. The number of hydrogen-bond acceptors (Lipinski definition) is 8. The zero-order valence-electron chi connectivity index (χ0n) is 17.9. The Hall–Kier alpha value is -3.98. The number of hydrogen-bond donors (Lipinski definition) is 1. The van der Waals surface area contributed by atoms with Crippen LogP contribution in [0.25, 0.3) is 0 Å². The van der Waals surface area contributed by atoms with Crippen molar-refractivity contribution in [3.05, 3.63) is 94.0 Å². The molecule has 0 amide bonds. The lowest BCUT2D eigenvalue weighted by Gasteiger charge is -2.19. The van der Waals surface area contributed by atoms with Crippen LogP contribution >= 0.6 is 0 Å². The minimum atomic E-state index is -0.778. The van der Waals surface area contributed by atoms with Crippen molar-refractivity contribution >= 4 is 17.8 Å². The van der Waals surface area contributed by atoms with Crippen LogP contribution in [0.1, 0.15) is 38.9 Å². The third-order valence-electron chi connectivity index (χ3n) is 5.32. The molecule has 3 aromatic rings. The normalized spacial score (nSPS) is 19.7. The first kappa shape index (κ1) is 22.2. The first-order chi connectivity index (χ1) is 15.9. The predicted molar refractivity (Wildman–Crippen MR) is 119 cm³/mol. The number of nitrogens with zero attached hydrogens (tertiary/aromatic N) is 2. The topological polar surface area (TPSA) is 123 Å². The van der Waals surface area contributed by atoms with Crippen molar-refractivity contribution in [3.8, 4) is 0 Å². The van der Waals surface area contributed by atoms with Gasteiger partial charge in [0.25, 0.3) is 0 Å². The summed E-state index contributed by atoms with van der Waals surface area (Å²) in [4.78, 5) is 41.2. The highest BCUT2D eigenvalue weighted by molar-refractivity contribution is 5.90. The number of anilines is 1. The van der Waals surface area contributed by atoms with Crippen LogP contribution in [0.3, 0.4) is 0 Å². The fourth-order valence-corrected chi connectivity index (χ4v) is 3.53. The highest BCUT2D eigenvalue weighted by Gasteiger charge is 2.40. The molecule has 2 N–H and O–H groups in total. The maximum atomic E-state index is 12.6. The predicted octanol–water partition coefficient (Wildman–Crippen LogP) is 2.50. The van der Waals surface area contributed by atoms with Crippen LogP contribution in [0, 0.1) is 6.92 Å². The fraction of sp³-hybridized carbons (Fsp3) is 0.250. The second-order valence-corrected chi connectivity index (χ2v) is 7.64. The molecule has 4 rings (SSSR count). The third kappa shape index (κ3) is 5.09. The van der Waals surface area contributed by atoms with E-state index >= 15 is 0 Å². The summed E-state index contributed by atoms with van der Waals surface area (Å²) in [5.74, 6) is -0.934. The van der Waals surface area contributed by atoms with E-state index in [1.807, 2.05) is 0 Å². The molecule has 9 nitrogen and oxygen atoms in total. The average molecular weight is 449 g/mol. The Labute approximate surface area is 189 Å². The van der Waals surface area contributed by atoms with E-state index < -0.39 is 36.1 Å². The van der Waals surface area contributed by atoms with Gasteiger partial charge in [0.1, 0.15) is 30.9 Å². The third-order valence-corrected chi connectivity index (χ3v) is 5.32. The lowest BCUT2D eigenvalue weighted by atomic mass is 10.1. The Kier molecular flexibility index (Phi) is 6.50. The van der Waals surface area contributed by atoms with Crippen LogP contribution in [0.2, 0.25) is 0 Å². The standard InChI is InChI=1S/C24H23N3O6/c1-15-13-27(24(30)26-21(15)25)20-12-18(33-23(29)17-10-6-3-7-11-17)19(32-20)14-31-22(28)16-8-4-2-5-9-16/h2-11,13,18-20H,12,14H2,1H3,(H2,25,26,30)/t18?,19-,20-/m1/s1. The molecule has 1 aliphatic rings. The summed E-state index contributed by atoms with van der Waals surface area (Å²) in [6.07, 6.45) is -0.574. The molecule has 1 unspecified atom stereocenters. The summed E-state index contributed by atoms with van der Waals surface area (Å²) in [6, 6.07) is 17.0. The highest BCUT2D eigenvalue weighted by atomic mass is 16.6. The van der Waals surface area contributed by atoms with E-state index in [0.717, 1.165) is 0 Å². The molecule has 33 heavy (non-hydrogen) atoms. The van der Waals surface area contributed by atoms with Crippen LogP contribution in [-0.2, 0) is 14.2 Å². The van der Waals surface area contributed by atoms with Gasteiger partial charge in [-0.2, -0.15) is 4.98 Å². The van der Waals surface area contributed by atoms with Gasteiger partial charge in [0, 0.05) is 18.2 Å². The van der Waals surface area contributed by atoms with Crippen LogP contribution in [-0.4, -0.2) is 40.3 Å². The van der Waals surface area contributed by atoms with E-state index in [0.29, 0.717) is 16.7 Å². The molecule has 1 saturated heterocycles. The van der Waals surface area contributed by atoms with Gasteiger partial charge in [0.15, 0.2) is 0 Å². The number of carbonyl (C=O) groups excluding carboxylic acids is 2. The maximum Gasteiger partial charge on any atom is 0.351 e. The van der Waals surface area contributed by atoms with Gasteiger partial charge in [-0.1, -0.05) is 36.4 Å². The quantitative estimate of drug-likeness (QED) is 0.570. The van der Waals surface area contributed by atoms with Crippen molar-refractivity contribution in [2.24, 2.45) is 0 Å². The number of carbonyl (C=O) groups is 2. The molecule has 2 heterocycles. The second kappa shape index (κ2) is 9.66. The van der Waals surface area contributed by atoms with Crippen molar-refractivity contribution in [1.29, 1.82) is 0 Å². The van der Waals surface area contributed by atoms with Gasteiger partial charge in [-0.3, -0.25) is 4.57 Å². The fourth-order valence-electron chi connectivity index (χ4n) is 3.53. The summed E-state index contributed by atoms with van der Waals surface area (Å²) < 4.78 is 18.4. The zero-order valence-corrected chi connectivity index (χ0v) is 17.9. The summed E-state index contributed by atoms with van der Waals surface area (Å²) in [6.45, 7) is 1.56. The molecule has 0 aliphatic carbocycles. The summed E-state index contributed by atoms with van der Waals surface area (Å²) in [5.41, 5.74) is 6.51. The van der Waals surface area contributed by atoms with Crippen molar-refractivity contribution in [1.82, 2.24) is 9.55 Å². The Morgan fingerprint density at radius 3 is 2.30 bits per heavy atom. The van der Waals surface area contributed by atoms with Gasteiger partial charge in [-0.25, -0.2) is 14.4 Å². The molecule has 170 valence electrons. The monoisotopic (exact) mass is 449 g/mol. The van der Waals surface area contributed by atoms with Gasteiger partial charge >= 0.3 is 17.6 Å². The van der Waals surface area contributed by atoms with Gasteiger partial charge < -0.3 is 19.9 Å². The van der Waals surface area contributed by atoms with E-state index in [4.69, 9.17) is 19.9 Å². The number of aryl methyl sites for hydroxylation is 1. The van der Waals surface area contributed by atoms with Crippen molar-refractivity contribution in [2.45, 2.75) is 31.8 Å². The molecule has 2 aromatic carbocycles. The molecular weight excluding hydrogens is 426 g/mol. The summed E-state index contributed by atoms with van der Waals surface area (Å²) >= 11 is 0. The molecule has 1 fully saturated rings. The molecule has 0 spiro atoms. The minimum absolute atomic E-state index is 0.134. The minimum Gasteiger partial charge on any atom is -0.459 e. The Morgan fingerprint density at radius 1 is 1.06 bits per heavy atom. The highest BCUT2D eigenvalue weighted by Crippen LogP contribution is 2.31. The molecular formula is C24H23N3O6. The number of ether oxygens (including phenoxy) is 3. The lowest BCUT2D eigenvalue weighted by Crippen LogP contribution is -2.32. The Morgan fingerprint density at radius 2 is 1.67 bits per heavy atom. The Bertz CT molecular complexity index is 1200. The molecule has 0 saturated carbocycles. The van der Waals surface area contributed by atoms with E-state index in [2.05, 4.69) is 4.98 Å². The molecule has 9 heteroatoms. The van der Waals surface area contributed by atoms with Crippen LogP contribution in [0.15, 0.2) is 71.7 Å². The summed E-state index contributed by atoms with van der Waals surface area (Å²) in [7, 11) is 0. The SMILES string of the molecule is Cc1cn([C@H]2CC(OC(=O)c3ccccc3)[C@@H](COC(=O)c3ccccc3)O2)c(=O)nc1N. The van der Waals surface area contributed by atoms with Gasteiger partial charge in [-0.05, 0) is 31.2 Å². The molecule has 1 aliphatic heterocycles. The number of nitrogens with two attached hydrogens (primary N) is 1. The largest absolute Gasteiger partial charge is 0.459 e. The number of rotatable bonds is 6. The van der Waals surface area contributed by atoms with Gasteiger partial charge in [0.2, 0.25) is 0 Å². The van der Waals surface area contributed by atoms with Crippen molar-refractivity contribution < 1.29 is 23.8 Å². The molecule has 3 atom stereocenters. The first-order valence-electron chi connectivity index (χ1n) is 10.4. The van der Waals surface area contributed by atoms with Crippen molar-refractivity contribution in [2.75, 3.05) is 12.3 Å². The van der Waals surface area contributed by atoms with E-state index in [1.54, 1.807) is 73.8 Å². The van der Waals surface area contributed by atoms with E-state index in [9.17, 15) is 14.4 Å². The van der Waals surface area contributed by atoms with Crippen molar-refractivity contribution in [3.63, 3.8) is 0 Å². The van der Waals surface area contributed by atoms with Gasteiger partial charge in [-0.15, -0.1) is 0 Å². The van der Waals surface area contributed by atoms with Crippen LogP contribution in [0.5, 0.6) is 0 Å². The molecule has 1 aromatic heterocycles. The number of aromatic nitrogens is 2. The second-order valence-electron chi connectivity index (χ2n) is 7.64.